The van der Waals surface area contributed by atoms with Crippen molar-refractivity contribution in [1.29, 1.82) is 0 Å². The summed E-state index contributed by atoms with van der Waals surface area (Å²) in [4.78, 5) is 0. The van der Waals surface area contributed by atoms with E-state index in [0.717, 1.165) is 38.0 Å². The third-order valence-corrected chi connectivity index (χ3v) is 11.1. The summed E-state index contributed by atoms with van der Waals surface area (Å²) in [6, 6.07) is 0. The van der Waals surface area contributed by atoms with Crippen LogP contribution >= 0.6 is 0 Å². The van der Waals surface area contributed by atoms with Gasteiger partial charge in [0.15, 0.2) is 9.84 Å². The normalized spacial score (nSPS) is 62.7. The number of fused-ring (bicyclic) bond motifs is 2. The summed E-state index contributed by atoms with van der Waals surface area (Å²) in [7, 11) is -2.96. The molecule has 6 fully saturated rings. The van der Waals surface area contributed by atoms with Crippen LogP contribution < -0.4 is 0 Å². The van der Waals surface area contributed by atoms with Gasteiger partial charge in [0.1, 0.15) is 0 Å². The Morgan fingerprint density at radius 2 is 1.35 bits per heavy atom. The van der Waals surface area contributed by atoms with Gasteiger partial charge in [-0.15, -0.1) is 0 Å². The van der Waals surface area contributed by atoms with Gasteiger partial charge in [0, 0.05) is 5.41 Å². The zero-order valence-electron chi connectivity index (χ0n) is 14.5. The van der Waals surface area contributed by atoms with Crippen LogP contribution in [-0.2, 0) is 9.84 Å². The molecule has 1 N–H and O–H groups in total. The number of hydrogen-bond donors (Lipinski definition) is 1. The minimum Gasteiger partial charge on any atom is -0.389 e. The van der Waals surface area contributed by atoms with Gasteiger partial charge in [-0.3, -0.25) is 0 Å². The second-order valence-electron chi connectivity index (χ2n) is 10.8. The van der Waals surface area contributed by atoms with Crippen molar-refractivity contribution in [2.45, 2.75) is 94.2 Å². The minimum atomic E-state index is -2.96. The van der Waals surface area contributed by atoms with E-state index >= 15 is 0 Å². The van der Waals surface area contributed by atoms with E-state index in [1.54, 1.807) is 0 Å². The lowest BCUT2D eigenvalue weighted by Crippen LogP contribution is -2.65. The molecule has 23 heavy (non-hydrogen) atoms. The molecule has 130 valence electrons. The summed E-state index contributed by atoms with van der Waals surface area (Å²) in [6.07, 6.45) is 9.96. The Kier molecular flexibility index (Phi) is 2.64. The zero-order valence-corrected chi connectivity index (χ0v) is 15.3. The Balaban J connectivity index is 1.57. The molecular weight excluding hydrogens is 308 g/mol. The van der Waals surface area contributed by atoms with E-state index in [-0.39, 0.29) is 15.9 Å². The molecule has 0 aromatic rings. The highest BCUT2D eigenvalue weighted by Gasteiger charge is 2.68. The first-order valence-corrected chi connectivity index (χ1v) is 11.1. The highest BCUT2D eigenvalue weighted by Crippen LogP contribution is 2.73. The molecule has 2 heterocycles. The summed E-state index contributed by atoms with van der Waals surface area (Å²) in [5.74, 6) is 0.751. The van der Waals surface area contributed by atoms with Gasteiger partial charge in [-0.25, -0.2) is 8.42 Å². The van der Waals surface area contributed by atoms with Crippen LogP contribution in [0, 0.1) is 22.2 Å². The molecule has 6 aliphatic rings. The molecular formula is C19H30O3S. The van der Waals surface area contributed by atoms with Gasteiger partial charge in [0.05, 0.1) is 16.1 Å². The van der Waals surface area contributed by atoms with Gasteiger partial charge in [0.2, 0.25) is 0 Å². The first kappa shape index (κ1) is 15.2. The second-order valence-corrected chi connectivity index (χ2v) is 13.3. The van der Waals surface area contributed by atoms with Crippen LogP contribution in [0.2, 0.25) is 0 Å². The molecule has 4 heteroatoms. The average molecular weight is 339 g/mol. The Morgan fingerprint density at radius 3 is 1.83 bits per heavy atom. The largest absolute Gasteiger partial charge is 0.389 e. The summed E-state index contributed by atoms with van der Waals surface area (Å²) < 4.78 is 25.0. The predicted octanol–water partition coefficient (Wildman–Crippen LogP) is 3.45. The number of hydrogen-bond acceptors (Lipinski definition) is 3. The van der Waals surface area contributed by atoms with Crippen LogP contribution in [0.3, 0.4) is 0 Å². The predicted molar refractivity (Wildman–Crippen MR) is 89.8 cm³/mol. The van der Waals surface area contributed by atoms with Crippen LogP contribution in [0.4, 0.5) is 0 Å². The lowest BCUT2D eigenvalue weighted by molar-refractivity contribution is -0.230. The molecule has 0 radical (unpaired) electrons. The third-order valence-electron chi connectivity index (χ3n) is 8.48. The molecule has 0 spiro atoms. The zero-order chi connectivity index (χ0) is 16.3. The van der Waals surface area contributed by atoms with Gasteiger partial charge < -0.3 is 5.11 Å². The highest BCUT2D eigenvalue weighted by atomic mass is 32.2. The quantitative estimate of drug-likeness (QED) is 0.797. The molecule has 0 aromatic carbocycles. The van der Waals surface area contributed by atoms with Crippen molar-refractivity contribution in [2.75, 3.05) is 0 Å². The van der Waals surface area contributed by atoms with Crippen LogP contribution in [0.15, 0.2) is 0 Å². The highest BCUT2D eigenvalue weighted by molar-refractivity contribution is 7.93. The molecule has 4 unspecified atom stereocenters. The van der Waals surface area contributed by atoms with Gasteiger partial charge >= 0.3 is 0 Å². The molecule has 6 rings (SSSR count). The van der Waals surface area contributed by atoms with Crippen LogP contribution in [0.5, 0.6) is 0 Å². The van der Waals surface area contributed by atoms with E-state index in [2.05, 4.69) is 13.8 Å². The van der Waals surface area contributed by atoms with E-state index in [1.807, 2.05) is 0 Å². The minimum absolute atomic E-state index is 0.00725. The van der Waals surface area contributed by atoms with E-state index < -0.39 is 15.4 Å². The Hall–Kier alpha value is -0.0900. The Bertz CT molecular complexity index is 628. The van der Waals surface area contributed by atoms with Crippen LogP contribution in [-0.4, -0.2) is 29.6 Å². The first-order valence-electron chi connectivity index (χ1n) is 9.53. The van der Waals surface area contributed by atoms with Gasteiger partial charge in [0.25, 0.3) is 0 Å². The third kappa shape index (κ3) is 1.83. The fourth-order valence-corrected chi connectivity index (χ4v) is 11.1. The van der Waals surface area contributed by atoms with Crippen molar-refractivity contribution in [2.24, 2.45) is 22.2 Å². The first-order chi connectivity index (χ1) is 10.6. The molecule has 6 bridgehead atoms. The van der Waals surface area contributed by atoms with Crippen LogP contribution in [0.25, 0.3) is 0 Å². The summed E-state index contributed by atoms with van der Waals surface area (Å²) >= 11 is 0. The molecule has 4 atom stereocenters. The SMILES string of the molecule is CC12CC3CC(C)(C1)CC(C1(O)CC4CCC(C1)S4(=O)=O)(C3)C2. The van der Waals surface area contributed by atoms with Gasteiger partial charge in [-0.1, -0.05) is 13.8 Å². The van der Waals surface area contributed by atoms with Gasteiger partial charge in [-0.2, -0.15) is 0 Å². The Morgan fingerprint density at radius 1 is 0.826 bits per heavy atom. The van der Waals surface area contributed by atoms with Crippen LogP contribution in [0.1, 0.15) is 78.1 Å². The molecule has 0 aromatic heterocycles. The van der Waals surface area contributed by atoms with E-state index in [9.17, 15) is 13.5 Å². The maximum Gasteiger partial charge on any atom is 0.156 e. The van der Waals surface area contributed by atoms with E-state index in [1.165, 1.54) is 19.3 Å². The standard InChI is InChI=1S/C19H30O3S/c1-16-5-13-6-17(2,10-16)12-18(7-13,11-16)19(20)8-14-3-4-15(9-19)23(14,21)22/h13-15,20H,3-12H2,1-2H3. The fraction of sp³-hybridized carbons (Fsp3) is 1.00. The Labute approximate surface area is 140 Å². The number of sulfone groups is 1. The van der Waals surface area contributed by atoms with Crippen molar-refractivity contribution in [3.05, 3.63) is 0 Å². The molecule has 0 amide bonds. The lowest BCUT2D eigenvalue weighted by Gasteiger charge is -2.69. The van der Waals surface area contributed by atoms with Crippen molar-refractivity contribution >= 4 is 9.84 Å². The average Bonchev–Trinajstić information content (AvgIpc) is 2.55. The topological polar surface area (TPSA) is 54.4 Å². The maximum atomic E-state index is 12.5. The molecule has 3 nitrogen and oxygen atoms in total. The van der Waals surface area contributed by atoms with E-state index in [0.29, 0.717) is 23.7 Å². The summed E-state index contributed by atoms with van der Waals surface area (Å²) in [5, 5.41) is 11.3. The maximum absolute atomic E-state index is 12.5. The number of rotatable bonds is 1. The van der Waals surface area contributed by atoms with Crippen molar-refractivity contribution in [3.8, 4) is 0 Å². The summed E-state index contributed by atoms with van der Waals surface area (Å²) in [6.45, 7) is 4.87. The molecule has 4 saturated carbocycles. The lowest BCUT2D eigenvalue weighted by atomic mass is 9.37. The molecule has 2 saturated heterocycles. The number of aliphatic hydroxyl groups is 1. The van der Waals surface area contributed by atoms with Crippen molar-refractivity contribution < 1.29 is 13.5 Å². The van der Waals surface area contributed by atoms with Crippen molar-refractivity contribution in [3.63, 3.8) is 0 Å². The monoisotopic (exact) mass is 338 g/mol. The summed E-state index contributed by atoms with van der Waals surface area (Å²) in [5.41, 5.74) is 0.0113. The second kappa shape index (κ2) is 4.00. The van der Waals surface area contributed by atoms with E-state index in [4.69, 9.17) is 0 Å². The fourth-order valence-electron chi connectivity index (χ4n) is 8.65. The smallest absolute Gasteiger partial charge is 0.156 e. The molecule has 2 aliphatic heterocycles. The molecule has 4 aliphatic carbocycles. The van der Waals surface area contributed by atoms with Gasteiger partial charge in [-0.05, 0) is 81.0 Å². The van der Waals surface area contributed by atoms with Crippen molar-refractivity contribution in [1.82, 2.24) is 0 Å².